The Bertz CT molecular complexity index is 1030. The molecule has 0 aliphatic heterocycles. The zero-order chi connectivity index (χ0) is 19.9. The summed E-state index contributed by atoms with van der Waals surface area (Å²) in [6.45, 7) is 8.72. The zero-order valence-electron chi connectivity index (χ0n) is 16.9. The predicted octanol–water partition coefficient (Wildman–Crippen LogP) is 7.61. The lowest BCUT2D eigenvalue weighted by Gasteiger charge is -2.35. The summed E-state index contributed by atoms with van der Waals surface area (Å²) in [5.41, 5.74) is 10.5. The first-order valence-electron chi connectivity index (χ1n) is 9.78. The Morgan fingerprint density at radius 2 is 1.29 bits per heavy atom. The third-order valence-corrected chi connectivity index (χ3v) is 6.85. The van der Waals surface area contributed by atoms with Crippen LogP contribution >= 0.6 is 22.6 Å². The summed E-state index contributed by atoms with van der Waals surface area (Å²) >= 11 is 2.49. The molecule has 1 heteroatoms. The van der Waals surface area contributed by atoms with E-state index in [-0.39, 0.29) is 5.41 Å². The first-order chi connectivity index (χ1) is 13.5. The number of fused-ring (bicyclic) bond motifs is 1. The van der Waals surface area contributed by atoms with Gasteiger partial charge in [0.2, 0.25) is 0 Å². The number of halogens is 1. The number of hydrogen-bond donors (Lipinski definition) is 0. The van der Waals surface area contributed by atoms with Crippen molar-refractivity contribution in [2.75, 3.05) is 0 Å². The van der Waals surface area contributed by atoms with Crippen LogP contribution in [-0.2, 0) is 5.41 Å². The molecule has 3 aromatic rings. The molecule has 1 aliphatic rings. The largest absolute Gasteiger partial charge is 0.0870 e. The van der Waals surface area contributed by atoms with Crippen molar-refractivity contribution in [3.63, 3.8) is 0 Å². The summed E-state index contributed by atoms with van der Waals surface area (Å²) in [5, 5.41) is 0. The Hall–Kier alpha value is -2.13. The second-order valence-corrected chi connectivity index (χ2v) is 8.85. The van der Waals surface area contributed by atoms with Crippen molar-refractivity contribution >= 4 is 28.2 Å². The standard InChI is InChI=1S/C27H25I/c1-5-7-23-20(4)27(21-14-10-18(2)11-15-21,22-16-12-19(3)13-17-22)24-8-6-9-25(28)26(23)24/h5-17H,1-4H3/b7-5-. The monoisotopic (exact) mass is 476 g/mol. The maximum absolute atomic E-state index is 2.49. The van der Waals surface area contributed by atoms with Gasteiger partial charge in [0.05, 0.1) is 5.41 Å². The average Bonchev–Trinajstić information content (AvgIpc) is 2.94. The fourth-order valence-electron chi connectivity index (χ4n) is 4.59. The summed E-state index contributed by atoms with van der Waals surface area (Å²) in [7, 11) is 0. The number of rotatable bonds is 3. The molecule has 0 aromatic heterocycles. The van der Waals surface area contributed by atoms with Crippen molar-refractivity contribution in [2.45, 2.75) is 33.1 Å². The van der Waals surface area contributed by atoms with Gasteiger partial charge in [-0.2, -0.15) is 0 Å². The van der Waals surface area contributed by atoms with Gasteiger partial charge in [0, 0.05) is 3.57 Å². The van der Waals surface area contributed by atoms with Gasteiger partial charge in [-0.1, -0.05) is 83.9 Å². The van der Waals surface area contributed by atoms with Crippen molar-refractivity contribution in [3.05, 3.63) is 121 Å². The highest BCUT2D eigenvalue weighted by molar-refractivity contribution is 14.1. The van der Waals surface area contributed by atoms with Crippen LogP contribution in [0.3, 0.4) is 0 Å². The van der Waals surface area contributed by atoms with Gasteiger partial charge in [0.25, 0.3) is 0 Å². The minimum atomic E-state index is -0.257. The summed E-state index contributed by atoms with van der Waals surface area (Å²) < 4.78 is 1.31. The molecule has 0 saturated heterocycles. The van der Waals surface area contributed by atoms with E-state index in [1.807, 2.05) is 0 Å². The average molecular weight is 476 g/mol. The number of hydrogen-bond acceptors (Lipinski definition) is 0. The van der Waals surface area contributed by atoms with E-state index in [4.69, 9.17) is 0 Å². The quantitative estimate of drug-likeness (QED) is 0.342. The fourth-order valence-corrected chi connectivity index (χ4v) is 5.38. The molecular formula is C27H25I. The molecule has 0 unspecified atom stereocenters. The number of benzene rings is 3. The molecule has 0 fully saturated rings. The van der Waals surface area contributed by atoms with Crippen LogP contribution in [0.25, 0.3) is 5.57 Å². The van der Waals surface area contributed by atoms with Crippen LogP contribution in [0.1, 0.15) is 47.2 Å². The smallest absolute Gasteiger partial charge is 0.0674 e. The van der Waals surface area contributed by atoms with E-state index in [1.54, 1.807) is 0 Å². The van der Waals surface area contributed by atoms with E-state index in [9.17, 15) is 0 Å². The van der Waals surface area contributed by atoms with Crippen LogP contribution < -0.4 is 0 Å². The normalized spacial score (nSPS) is 15.3. The molecular weight excluding hydrogens is 451 g/mol. The van der Waals surface area contributed by atoms with Gasteiger partial charge in [-0.15, -0.1) is 0 Å². The van der Waals surface area contributed by atoms with Crippen molar-refractivity contribution < 1.29 is 0 Å². The van der Waals surface area contributed by atoms with E-state index in [2.05, 4.69) is 129 Å². The Morgan fingerprint density at radius 1 is 0.750 bits per heavy atom. The van der Waals surface area contributed by atoms with Gasteiger partial charge in [-0.3, -0.25) is 0 Å². The molecule has 4 rings (SSSR count). The summed E-state index contributed by atoms with van der Waals surface area (Å²) in [6.07, 6.45) is 4.44. The highest BCUT2D eigenvalue weighted by atomic mass is 127. The molecule has 0 bridgehead atoms. The van der Waals surface area contributed by atoms with Gasteiger partial charge in [0.15, 0.2) is 0 Å². The zero-order valence-corrected chi connectivity index (χ0v) is 19.0. The van der Waals surface area contributed by atoms with E-state index >= 15 is 0 Å². The SMILES string of the molecule is C/C=C\C1=C(C)C(c2ccc(C)cc2)(c2ccc(C)cc2)c2cccc(I)c21. The summed E-state index contributed by atoms with van der Waals surface area (Å²) in [5.74, 6) is 0. The summed E-state index contributed by atoms with van der Waals surface area (Å²) in [4.78, 5) is 0. The van der Waals surface area contributed by atoms with E-state index in [0.29, 0.717) is 0 Å². The van der Waals surface area contributed by atoms with E-state index < -0.39 is 0 Å². The van der Waals surface area contributed by atoms with Crippen molar-refractivity contribution in [1.82, 2.24) is 0 Å². The molecule has 1 aliphatic carbocycles. The molecule has 0 nitrogen and oxygen atoms in total. The van der Waals surface area contributed by atoms with Gasteiger partial charge in [-0.25, -0.2) is 0 Å². The molecule has 0 atom stereocenters. The maximum atomic E-state index is 2.49. The molecule has 0 heterocycles. The topological polar surface area (TPSA) is 0 Å². The molecule has 3 aromatic carbocycles. The number of allylic oxidation sites excluding steroid dienone is 4. The van der Waals surface area contributed by atoms with Gasteiger partial charge in [0.1, 0.15) is 0 Å². The van der Waals surface area contributed by atoms with Crippen LogP contribution in [0.15, 0.2) is 84.5 Å². The molecule has 0 amide bonds. The summed E-state index contributed by atoms with van der Waals surface area (Å²) in [6, 6.07) is 24.9. The van der Waals surface area contributed by atoms with Crippen molar-refractivity contribution in [1.29, 1.82) is 0 Å². The lowest BCUT2D eigenvalue weighted by molar-refractivity contribution is 0.742. The maximum Gasteiger partial charge on any atom is 0.0674 e. The molecule has 0 saturated carbocycles. The van der Waals surface area contributed by atoms with Crippen LogP contribution in [-0.4, -0.2) is 0 Å². The molecule has 0 N–H and O–H groups in total. The Kier molecular flexibility index (Phi) is 5.05. The Morgan fingerprint density at radius 3 is 1.79 bits per heavy atom. The Balaban J connectivity index is 2.16. The second-order valence-electron chi connectivity index (χ2n) is 7.68. The van der Waals surface area contributed by atoms with Gasteiger partial charge in [-0.05, 0) is 89.8 Å². The third-order valence-electron chi connectivity index (χ3n) is 5.96. The van der Waals surface area contributed by atoms with Gasteiger partial charge >= 0.3 is 0 Å². The molecule has 140 valence electrons. The van der Waals surface area contributed by atoms with Crippen molar-refractivity contribution in [2.24, 2.45) is 0 Å². The number of aryl methyl sites for hydroxylation is 2. The minimum Gasteiger partial charge on any atom is -0.0870 e. The lowest BCUT2D eigenvalue weighted by Crippen LogP contribution is -2.29. The Labute approximate surface area is 182 Å². The molecule has 0 radical (unpaired) electrons. The first kappa shape index (κ1) is 19.2. The van der Waals surface area contributed by atoms with Crippen LogP contribution in [0, 0.1) is 17.4 Å². The van der Waals surface area contributed by atoms with Crippen LogP contribution in [0.2, 0.25) is 0 Å². The molecule has 28 heavy (non-hydrogen) atoms. The molecule has 0 spiro atoms. The van der Waals surface area contributed by atoms with Crippen LogP contribution in [0.5, 0.6) is 0 Å². The van der Waals surface area contributed by atoms with Crippen molar-refractivity contribution in [3.8, 4) is 0 Å². The van der Waals surface area contributed by atoms with Crippen LogP contribution in [0.4, 0.5) is 0 Å². The minimum absolute atomic E-state index is 0.257. The van der Waals surface area contributed by atoms with E-state index in [1.165, 1.54) is 48.1 Å². The third kappa shape index (κ3) is 2.79. The van der Waals surface area contributed by atoms with E-state index in [0.717, 1.165) is 0 Å². The fraction of sp³-hybridized carbons (Fsp3) is 0.185. The predicted molar refractivity (Wildman–Crippen MR) is 129 cm³/mol. The highest BCUT2D eigenvalue weighted by Gasteiger charge is 2.45. The lowest BCUT2D eigenvalue weighted by atomic mass is 9.67. The highest BCUT2D eigenvalue weighted by Crippen LogP contribution is 2.55. The second kappa shape index (κ2) is 7.36. The first-order valence-corrected chi connectivity index (χ1v) is 10.9. The van der Waals surface area contributed by atoms with Gasteiger partial charge < -0.3 is 0 Å².